The molecular weight excluding hydrogens is 219 g/mol. The molecule has 0 aromatic heterocycles. The van der Waals surface area contributed by atoms with Crippen molar-refractivity contribution in [2.24, 2.45) is 0 Å². The molecule has 0 radical (unpaired) electrons. The lowest BCUT2D eigenvalue weighted by molar-refractivity contribution is 0.0780. The molecule has 1 saturated heterocycles. The molecule has 0 aliphatic carbocycles. The van der Waals surface area contributed by atoms with Gasteiger partial charge in [-0.2, -0.15) is 0 Å². The van der Waals surface area contributed by atoms with Crippen LogP contribution in [0.4, 0.5) is 4.39 Å². The van der Waals surface area contributed by atoms with Gasteiger partial charge >= 0.3 is 0 Å². The highest BCUT2D eigenvalue weighted by atomic mass is 19.1. The van der Waals surface area contributed by atoms with Crippen LogP contribution < -0.4 is 5.32 Å². The van der Waals surface area contributed by atoms with Crippen LogP contribution in [0.5, 0.6) is 0 Å². The van der Waals surface area contributed by atoms with Gasteiger partial charge in [-0.15, -0.1) is 0 Å². The summed E-state index contributed by atoms with van der Waals surface area (Å²) in [5, 5.41) is 12.7. The van der Waals surface area contributed by atoms with E-state index in [0.29, 0.717) is 6.04 Å². The summed E-state index contributed by atoms with van der Waals surface area (Å²) in [6.07, 6.45) is 0. The maximum atomic E-state index is 12.8. The fourth-order valence-corrected chi connectivity index (χ4v) is 2.23. The van der Waals surface area contributed by atoms with Crippen molar-refractivity contribution in [2.45, 2.75) is 25.6 Å². The van der Waals surface area contributed by atoms with E-state index in [1.165, 1.54) is 12.1 Å². The molecule has 94 valence electrons. The number of benzene rings is 1. The van der Waals surface area contributed by atoms with Crippen molar-refractivity contribution in [3.8, 4) is 0 Å². The zero-order valence-electron chi connectivity index (χ0n) is 10.1. The van der Waals surface area contributed by atoms with E-state index in [-0.39, 0.29) is 18.5 Å². The van der Waals surface area contributed by atoms with Crippen LogP contribution in [-0.2, 0) is 6.54 Å². The van der Waals surface area contributed by atoms with E-state index in [0.717, 1.165) is 25.2 Å². The molecule has 0 spiro atoms. The number of hydrogen-bond acceptors (Lipinski definition) is 3. The third kappa shape index (κ3) is 3.25. The van der Waals surface area contributed by atoms with Crippen LogP contribution in [0.15, 0.2) is 24.3 Å². The van der Waals surface area contributed by atoms with Gasteiger partial charge in [-0.25, -0.2) is 4.39 Å². The summed E-state index contributed by atoms with van der Waals surface area (Å²) in [6, 6.07) is 7.14. The number of hydrogen-bond donors (Lipinski definition) is 2. The molecule has 2 atom stereocenters. The van der Waals surface area contributed by atoms with Gasteiger partial charge in [0.1, 0.15) is 5.82 Å². The summed E-state index contributed by atoms with van der Waals surface area (Å²) in [7, 11) is 0. The first-order chi connectivity index (χ1) is 8.19. The van der Waals surface area contributed by atoms with Gasteiger partial charge in [-0.3, -0.25) is 4.90 Å². The largest absolute Gasteiger partial charge is 0.395 e. The average Bonchev–Trinajstić information content (AvgIpc) is 2.32. The third-order valence-electron chi connectivity index (χ3n) is 3.24. The predicted octanol–water partition coefficient (Wildman–Crippen LogP) is 0.980. The summed E-state index contributed by atoms with van der Waals surface area (Å²) in [5.74, 6) is -0.207. The molecule has 0 saturated carbocycles. The molecule has 2 N–H and O–H groups in total. The quantitative estimate of drug-likeness (QED) is 0.824. The SMILES string of the molecule is CC1CN(Cc2ccc(F)cc2)C(CO)CN1. The van der Waals surface area contributed by atoms with Crippen LogP contribution in [0, 0.1) is 5.82 Å². The maximum absolute atomic E-state index is 12.8. The normalized spacial score (nSPS) is 26.1. The Labute approximate surface area is 101 Å². The molecule has 0 amide bonds. The Bertz CT molecular complexity index is 355. The Morgan fingerprint density at radius 2 is 2.12 bits per heavy atom. The van der Waals surface area contributed by atoms with Crippen LogP contribution in [-0.4, -0.2) is 41.8 Å². The second-order valence-corrected chi connectivity index (χ2v) is 4.70. The van der Waals surface area contributed by atoms with Crippen molar-refractivity contribution in [3.63, 3.8) is 0 Å². The molecule has 1 fully saturated rings. The summed E-state index contributed by atoms with van der Waals surface area (Å²) in [6.45, 7) is 4.76. The van der Waals surface area contributed by atoms with E-state index in [1.54, 1.807) is 12.1 Å². The first kappa shape index (κ1) is 12.5. The third-order valence-corrected chi connectivity index (χ3v) is 3.24. The lowest BCUT2D eigenvalue weighted by Crippen LogP contribution is -2.56. The van der Waals surface area contributed by atoms with E-state index in [4.69, 9.17) is 0 Å². The second kappa shape index (κ2) is 5.58. The number of rotatable bonds is 3. The van der Waals surface area contributed by atoms with Crippen molar-refractivity contribution < 1.29 is 9.50 Å². The van der Waals surface area contributed by atoms with Gasteiger partial charge in [0.15, 0.2) is 0 Å². The van der Waals surface area contributed by atoms with Crippen molar-refractivity contribution in [2.75, 3.05) is 19.7 Å². The summed E-state index contributed by atoms with van der Waals surface area (Å²) < 4.78 is 12.8. The Hall–Kier alpha value is -0.970. The zero-order chi connectivity index (χ0) is 12.3. The van der Waals surface area contributed by atoms with E-state index < -0.39 is 0 Å². The Balaban J connectivity index is 2.02. The maximum Gasteiger partial charge on any atom is 0.123 e. The first-order valence-electron chi connectivity index (χ1n) is 6.02. The van der Waals surface area contributed by atoms with Crippen LogP contribution >= 0.6 is 0 Å². The Morgan fingerprint density at radius 1 is 1.41 bits per heavy atom. The number of piperazine rings is 1. The topological polar surface area (TPSA) is 35.5 Å². The molecule has 17 heavy (non-hydrogen) atoms. The first-order valence-corrected chi connectivity index (χ1v) is 6.02. The molecule has 4 heteroatoms. The standard InChI is InChI=1S/C13H19FN2O/c1-10-7-16(13(9-17)6-15-10)8-11-2-4-12(14)5-3-11/h2-5,10,13,15,17H,6-9H2,1H3. The fourth-order valence-electron chi connectivity index (χ4n) is 2.23. The van der Waals surface area contributed by atoms with Crippen molar-refractivity contribution >= 4 is 0 Å². The Kier molecular flexibility index (Phi) is 4.10. The minimum absolute atomic E-state index is 0.149. The summed E-state index contributed by atoms with van der Waals surface area (Å²) in [5.41, 5.74) is 1.08. The van der Waals surface area contributed by atoms with Crippen LogP contribution in [0.1, 0.15) is 12.5 Å². The van der Waals surface area contributed by atoms with Gasteiger partial charge in [0, 0.05) is 31.7 Å². The van der Waals surface area contributed by atoms with E-state index in [1.807, 2.05) is 0 Å². The monoisotopic (exact) mass is 238 g/mol. The molecule has 2 rings (SSSR count). The zero-order valence-corrected chi connectivity index (χ0v) is 10.1. The second-order valence-electron chi connectivity index (χ2n) is 4.70. The number of nitrogens with zero attached hydrogens (tertiary/aromatic N) is 1. The van der Waals surface area contributed by atoms with E-state index in [2.05, 4.69) is 17.1 Å². The van der Waals surface area contributed by atoms with Gasteiger partial charge in [-0.05, 0) is 24.6 Å². The van der Waals surface area contributed by atoms with E-state index >= 15 is 0 Å². The fraction of sp³-hybridized carbons (Fsp3) is 0.538. The van der Waals surface area contributed by atoms with Gasteiger partial charge in [-0.1, -0.05) is 12.1 Å². The highest BCUT2D eigenvalue weighted by Gasteiger charge is 2.24. The summed E-state index contributed by atoms with van der Waals surface area (Å²) in [4.78, 5) is 2.24. The summed E-state index contributed by atoms with van der Waals surface area (Å²) >= 11 is 0. The lowest BCUT2D eigenvalue weighted by atomic mass is 10.1. The predicted molar refractivity (Wildman–Crippen MR) is 65.1 cm³/mol. The molecular formula is C13H19FN2O. The van der Waals surface area contributed by atoms with Crippen molar-refractivity contribution in [1.29, 1.82) is 0 Å². The molecule has 1 aromatic carbocycles. The van der Waals surface area contributed by atoms with Crippen molar-refractivity contribution in [1.82, 2.24) is 10.2 Å². The van der Waals surface area contributed by atoms with Crippen molar-refractivity contribution in [3.05, 3.63) is 35.6 Å². The van der Waals surface area contributed by atoms with Gasteiger partial charge in [0.2, 0.25) is 0 Å². The molecule has 1 aliphatic rings. The van der Waals surface area contributed by atoms with Crippen LogP contribution in [0.3, 0.4) is 0 Å². The number of halogens is 1. The van der Waals surface area contributed by atoms with E-state index in [9.17, 15) is 9.50 Å². The van der Waals surface area contributed by atoms with Gasteiger partial charge in [0.25, 0.3) is 0 Å². The number of aliphatic hydroxyl groups excluding tert-OH is 1. The molecule has 3 nitrogen and oxygen atoms in total. The molecule has 0 bridgehead atoms. The molecule has 2 unspecified atom stereocenters. The lowest BCUT2D eigenvalue weighted by Gasteiger charge is -2.38. The van der Waals surface area contributed by atoms with Crippen LogP contribution in [0.25, 0.3) is 0 Å². The van der Waals surface area contributed by atoms with Gasteiger partial charge < -0.3 is 10.4 Å². The highest BCUT2D eigenvalue weighted by molar-refractivity contribution is 5.16. The molecule has 1 aliphatic heterocycles. The minimum atomic E-state index is -0.207. The average molecular weight is 238 g/mol. The molecule has 1 heterocycles. The number of nitrogens with one attached hydrogen (secondary N) is 1. The smallest absolute Gasteiger partial charge is 0.123 e. The van der Waals surface area contributed by atoms with Gasteiger partial charge in [0.05, 0.1) is 6.61 Å². The number of aliphatic hydroxyl groups is 1. The minimum Gasteiger partial charge on any atom is -0.395 e. The van der Waals surface area contributed by atoms with Crippen LogP contribution in [0.2, 0.25) is 0 Å². The highest BCUT2D eigenvalue weighted by Crippen LogP contribution is 2.13. The molecule has 1 aromatic rings. The Morgan fingerprint density at radius 3 is 2.76 bits per heavy atom.